The first-order valence-corrected chi connectivity index (χ1v) is 9.60. The number of H-pyrrole nitrogens is 1. The van der Waals surface area contributed by atoms with Crippen molar-refractivity contribution in [3.05, 3.63) is 53.7 Å². The van der Waals surface area contributed by atoms with Gasteiger partial charge in [-0.15, -0.1) is 0 Å². The van der Waals surface area contributed by atoms with Crippen LogP contribution in [0.2, 0.25) is 0 Å². The van der Waals surface area contributed by atoms with E-state index in [1.165, 1.54) is 0 Å². The number of esters is 1. The number of carbonyl (C=O) groups excluding carboxylic acids is 2. The topological polar surface area (TPSA) is 89.7 Å². The van der Waals surface area contributed by atoms with Gasteiger partial charge in [0.2, 0.25) is 12.7 Å². The Bertz CT molecular complexity index is 1130. The summed E-state index contributed by atoms with van der Waals surface area (Å²) in [5.41, 5.74) is 2.06. The molecule has 2 aromatic carbocycles. The summed E-state index contributed by atoms with van der Waals surface area (Å²) in [4.78, 5) is 28.6. The van der Waals surface area contributed by atoms with Crippen molar-refractivity contribution in [1.29, 1.82) is 0 Å². The maximum absolute atomic E-state index is 13.2. The van der Waals surface area contributed by atoms with Crippen LogP contribution in [0.5, 0.6) is 11.5 Å². The molecule has 29 heavy (non-hydrogen) atoms. The van der Waals surface area contributed by atoms with Crippen LogP contribution in [-0.2, 0) is 14.9 Å². The molecule has 0 bridgehead atoms. The number of rotatable bonds is 5. The number of hydrogen-bond acceptors (Lipinski definition) is 5. The molecule has 1 amide bonds. The molecule has 5 rings (SSSR count). The summed E-state index contributed by atoms with van der Waals surface area (Å²) in [7, 11) is 0. The molecule has 0 radical (unpaired) electrons. The SMILES string of the molecule is CCOC(=O)c1cc(NC(=O)C2(c3ccc4c(c3)OCO4)CC2)cc2[nH]ccc12. The number of anilines is 1. The molecular weight excluding hydrogens is 372 g/mol. The fourth-order valence-electron chi connectivity index (χ4n) is 3.83. The van der Waals surface area contributed by atoms with E-state index >= 15 is 0 Å². The quantitative estimate of drug-likeness (QED) is 0.646. The Morgan fingerprint density at radius 2 is 1.97 bits per heavy atom. The predicted molar refractivity (Wildman–Crippen MR) is 106 cm³/mol. The van der Waals surface area contributed by atoms with Gasteiger partial charge >= 0.3 is 5.97 Å². The van der Waals surface area contributed by atoms with Gasteiger partial charge in [-0.25, -0.2) is 4.79 Å². The number of carbonyl (C=O) groups is 2. The molecule has 1 aromatic heterocycles. The maximum Gasteiger partial charge on any atom is 0.338 e. The first-order chi connectivity index (χ1) is 14.1. The van der Waals surface area contributed by atoms with Crippen LogP contribution in [0.4, 0.5) is 5.69 Å². The second kappa shape index (κ2) is 6.55. The van der Waals surface area contributed by atoms with Gasteiger partial charge in [0.05, 0.1) is 17.6 Å². The summed E-state index contributed by atoms with van der Waals surface area (Å²) in [6.45, 7) is 2.25. The molecule has 0 unspecified atom stereocenters. The Hall–Kier alpha value is -3.48. The number of hydrogen-bond donors (Lipinski definition) is 2. The van der Waals surface area contributed by atoms with E-state index < -0.39 is 11.4 Å². The summed E-state index contributed by atoms with van der Waals surface area (Å²) in [5.74, 6) is 0.849. The second-order valence-corrected chi connectivity index (χ2v) is 7.29. The van der Waals surface area contributed by atoms with Crippen LogP contribution in [0.25, 0.3) is 10.9 Å². The highest BCUT2D eigenvalue weighted by Crippen LogP contribution is 2.51. The summed E-state index contributed by atoms with van der Waals surface area (Å²) in [5, 5.41) is 3.75. The minimum Gasteiger partial charge on any atom is -0.462 e. The maximum atomic E-state index is 13.2. The number of benzene rings is 2. The summed E-state index contributed by atoms with van der Waals surface area (Å²) in [6, 6.07) is 11.0. The van der Waals surface area contributed by atoms with Gasteiger partial charge in [0.25, 0.3) is 0 Å². The van der Waals surface area contributed by atoms with Crippen molar-refractivity contribution < 1.29 is 23.8 Å². The Balaban J connectivity index is 1.45. The Morgan fingerprint density at radius 1 is 1.14 bits per heavy atom. The Labute approximate surface area is 167 Å². The van der Waals surface area contributed by atoms with Gasteiger partial charge in [0.15, 0.2) is 11.5 Å². The Morgan fingerprint density at radius 3 is 2.76 bits per heavy atom. The minimum absolute atomic E-state index is 0.0999. The highest BCUT2D eigenvalue weighted by molar-refractivity contribution is 6.08. The van der Waals surface area contributed by atoms with Gasteiger partial charge in [-0.05, 0) is 55.7 Å². The standard InChI is InChI=1S/C22H20N2O5/c1-2-27-20(25)16-10-14(11-17-15(16)5-8-23-17)24-21(26)22(6-7-22)13-3-4-18-19(9-13)29-12-28-18/h3-5,8-11,23H,2,6-7,12H2,1H3,(H,24,26). The molecule has 2 aliphatic rings. The largest absolute Gasteiger partial charge is 0.462 e. The van der Waals surface area contributed by atoms with Gasteiger partial charge in [-0.1, -0.05) is 6.07 Å². The van der Waals surface area contributed by atoms with Crippen LogP contribution in [-0.4, -0.2) is 30.3 Å². The minimum atomic E-state index is -0.588. The van der Waals surface area contributed by atoms with Crippen LogP contribution in [0.1, 0.15) is 35.7 Å². The summed E-state index contributed by atoms with van der Waals surface area (Å²) >= 11 is 0. The van der Waals surface area contributed by atoms with Crippen molar-refractivity contribution in [3.63, 3.8) is 0 Å². The van der Waals surface area contributed by atoms with Crippen molar-refractivity contribution in [3.8, 4) is 11.5 Å². The monoisotopic (exact) mass is 392 g/mol. The van der Waals surface area contributed by atoms with Crippen molar-refractivity contribution in [2.45, 2.75) is 25.2 Å². The van der Waals surface area contributed by atoms with Gasteiger partial charge < -0.3 is 24.5 Å². The normalized spacial score (nSPS) is 15.9. The van der Waals surface area contributed by atoms with E-state index in [0.29, 0.717) is 22.7 Å². The van der Waals surface area contributed by atoms with Crippen LogP contribution in [0, 0.1) is 0 Å². The zero-order chi connectivity index (χ0) is 20.0. The van der Waals surface area contributed by atoms with Crippen molar-refractivity contribution in [1.82, 2.24) is 4.98 Å². The Kier molecular flexibility index (Phi) is 3.97. The molecule has 1 fully saturated rings. The molecule has 0 atom stereocenters. The second-order valence-electron chi connectivity index (χ2n) is 7.29. The highest BCUT2D eigenvalue weighted by atomic mass is 16.7. The number of aromatic amines is 1. The average molecular weight is 392 g/mol. The van der Waals surface area contributed by atoms with Crippen molar-refractivity contribution in [2.24, 2.45) is 0 Å². The molecule has 148 valence electrons. The van der Waals surface area contributed by atoms with E-state index in [1.807, 2.05) is 30.3 Å². The molecule has 0 saturated heterocycles. The van der Waals surface area contributed by atoms with Crippen LogP contribution >= 0.6 is 0 Å². The molecule has 3 aromatic rings. The van der Waals surface area contributed by atoms with Gasteiger partial charge in [0, 0.05) is 22.8 Å². The predicted octanol–water partition coefficient (Wildman–Crippen LogP) is 3.74. The number of amides is 1. The number of ether oxygens (including phenoxy) is 3. The van der Waals surface area contributed by atoms with E-state index in [4.69, 9.17) is 14.2 Å². The lowest BCUT2D eigenvalue weighted by molar-refractivity contribution is -0.118. The molecular formula is C22H20N2O5. The molecule has 2 N–H and O–H groups in total. The summed E-state index contributed by atoms with van der Waals surface area (Å²) < 4.78 is 16.0. The molecule has 7 nitrogen and oxygen atoms in total. The lowest BCUT2D eigenvalue weighted by Crippen LogP contribution is -2.28. The third-order valence-corrected chi connectivity index (χ3v) is 5.53. The molecule has 1 aliphatic heterocycles. The van der Waals surface area contributed by atoms with Crippen LogP contribution in [0.15, 0.2) is 42.6 Å². The van der Waals surface area contributed by atoms with E-state index in [-0.39, 0.29) is 19.3 Å². The molecule has 2 heterocycles. The lowest BCUT2D eigenvalue weighted by atomic mass is 9.94. The number of nitrogens with one attached hydrogen (secondary N) is 2. The van der Waals surface area contributed by atoms with E-state index in [1.54, 1.807) is 19.2 Å². The highest BCUT2D eigenvalue weighted by Gasteiger charge is 2.51. The van der Waals surface area contributed by atoms with Crippen LogP contribution < -0.4 is 14.8 Å². The van der Waals surface area contributed by atoms with Gasteiger partial charge in [-0.2, -0.15) is 0 Å². The van der Waals surface area contributed by atoms with Crippen LogP contribution in [0.3, 0.4) is 0 Å². The fraction of sp³-hybridized carbons (Fsp3) is 0.273. The third kappa shape index (κ3) is 2.90. The average Bonchev–Trinajstić information content (AvgIpc) is 3.17. The number of fused-ring (bicyclic) bond motifs is 2. The molecule has 1 saturated carbocycles. The fourth-order valence-corrected chi connectivity index (χ4v) is 3.83. The van der Waals surface area contributed by atoms with Crippen molar-refractivity contribution >= 4 is 28.5 Å². The molecule has 1 aliphatic carbocycles. The van der Waals surface area contributed by atoms with Gasteiger partial charge in [0.1, 0.15) is 0 Å². The van der Waals surface area contributed by atoms with E-state index in [9.17, 15) is 9.59 Å². The van der Waals surface area contributed by atoms with Gasteiger partial charge in [-0.3, -0.25) is 4.79 Å². The zero-order valence-electron chi connectivity index (χ0n) is 15.9. The lowest BCUT2D eigenvalue weighted by Gasteiger charge is -2.17. The van der Waals surface area contributed by atoms with E-state index in [2.05, 4.69) is 10.3 Å². The smallest absolute Gasteiger partial charge is 0.338 e. The molecule has 7 heteroatoms. The first kappa shape index (κ1) is 17.6. The zero-order valence-corrected chi connectivity index (χ0v) is 15.9. The van der Waals surface area contributed by atoms with Crippen molar-refractivity contribution in [2.75, 3.05) is 18.7 Å². The molecule has 0 spiro atoms. The third-order valence-electron chi connectivity index (χ3n) is 5.53. The summed E-state index contributed by atoms with van der Waals surface area (Å²) in [6.07, 6.45) is 3.27. The first-order valence-electron chi connectivity index (χ1n) is 9.60. The van der Waals surface area contributed by atoms with E-state index in [0.717, 1.165) is 29.3 Å². The number of aromatic nitrogens is 1.